The van der Waals surface area contributed by atoms with Gasteiger partial charge in [-0.2, -0.15) is 5.26 Å². The van der Waals surface area contributed by atoms with Gasteiger partial charge in [0.05, 0.1) is 11.5 Å². The van der Waals surface area contributed by atoms with Crippen molar-refractivity contribution in [1.29, 1.82) is 5.26 Å². The Bertz CT molecular complexity index is 998. The largest absolute Gasteiger partial charge is 0.293 e. The van der Waals surface area contributed by atoms with Crippen LogP contribution < -0.4 is 0 Å². The van der Waals surface area contributed by atoms with Gasteiger partial charge in [-0.3, -0.25) is 9.78 Å². The number of hydrogen-bond acceptors (Lipinski definition) is 3. The quantitative estimate of drug-likeness (QED) is 0.594. The van der Waals surface area contributed by atoms with Crippen LogP contribution in [-0.4, -0.2) is 10.8 Å². The molecule has 128 valence electrons. The third-order valence-corrected chi connectivity index (χ3v) is 5.50. The van der Waals surface area contributed by atoms with E-state index in [4.69, 9.17) is 5.26 Å². The number of hydrogen-bond donors (Lipinski definition) is 0. The lowest BCUT2D eigenvalue weighted by molar-refractivity contribution is 0.0882. The lowest BCUT2D eigenvalue weighted by Crippen LogP contribution is -2.34. The number of pyridine rings is 1. The standard InChI is InChI=1S/C23H20N2O/c24-13-3-1-2-12-23(16-17-10-14-25-15-11-17)20-9-5-7-18-6-4-8-19(21(18)20)22(23)26/h4-11,14-15H,1-3,12,16H2. The molecular formula is C23H20N2O. The number of Topliss-reactive ketones (excluding diaryl/α,β-unsaturated/α-hetero) is 1. The lowest BCUT2D eigenvalue weighted by Gasteiger charge is -2.29. The molecule has 1 aromatic heterocycles. The van der Waals surface area contributed by atoms with Crippen LogP contribution in [0.1, 0.15) is 47.2 Å². The van der Waals surface area contributed by atoms with Crippen molar-refractivity contribution in [2.24, 2.45) is 0 Å². The van der Waals surface area contributed by atoms with Gasteiger partial charge >= 0.3 is 0 Å². The second-order valence-electron chi connectivity index (χ2n) is 7.02. The number of carbonyl (C=O) groups is 1. The van der Waals surface area contributed by atoms with E-state index in [1.165, 1.54) is 0 Å². The first-order valence-corrected chi connectivity index (χ1v) is 9.09. The zero-order valence-electron chi connectivity index (χ0n) is 14.6. The Morgan fingerprint density at radius 3 is 2.54 bits per heavy atom. The Hall–Kier alpha value is -2.99. The average molecular weight is 340 g/mol. The van der Waals surface area contributed by atoms with Gasteiger partial charge < -0.3 is 0 Å². The molecular weight excluding hydrogens is 320 g/mol. The summed E-state index contributed by atoms with van der Waals surface area (Å²) in [5.74, 6) is 0.220. The van der Waals surface area contributed by atoms with Crippen LogP contribution in [-0.2, 0) is 11.8 Å². The molecule has 1 aliphatic carbocycles. The maximum atomic E-state index is 13.6. The van der Waals surface area contributed by atoms with Gasteiger partial charge in [-0.15, -0.1) is 0 Å². The molecule has 0 amide bonds. The summed E-state index contributed by atoms with van der Waals surface area (Å²) in [5.41, 5.74) is 2.57. The minimum atomic E-state index is -0.542. The van der Waals surface area contributed by atoms with Crippen molar-refractivity contribution in [1.82, 2.24) is 4.98 Å². The summed E-state index contributed by atoms with van der Waals surface area (Å²) >= 11 is 0. The Labute approximate surface area is 153 Å². The van der Waals surface area contributed by atoms with E-state index >= 15 is 0 Å². The molecule has 0 bridgehead atoms. The molecule has 1 unspecified atom stereocenters. The highest BCUT2D eigenvalue weighted by molar-refractivity contribution is 6.20. The van der Waals surface area contributed by atoms with Gasteiger partial charge in [0.15, 0.2) is 5.78 Å². The van der Waals surface area contributed by atoms with E-state index < -0.39 is 5.41 Å². The SMILES string of the molecule is N#CCCCCC1(Cc2ccncc2)C(=O)c2cccc3cccc1c23. The molecule has 2 aromatic carbocycles. The summed E-state index contributed by atoms with van der Waals surface area (Å²) in [6.07, 6.45) is 7.25. The number of nitriles is 1. The number of benzene rings is 2. The first-order chi connectivity index (χ1) is 12.8. The van der Waals surface area contributed by atoms with Crippen molar-refractivity contribution in [2.45, 2.75) is 37.5 Å². The highest BCUT2D eigenvalue weighted by Crippen LogP contribution is 2.47. The Morgan fingerprint density at radius 2 is 1.77 bits per heavy atom. The molecule has 3 aromatic rings. The minimum absolute atomic E-state index is 0.220. The van der Waals surface area contributed by atoms with Crippen molar-refractivity contribution >= 4 is 16.6 Å². The molecule has 0 aliphatic heterocycles. The van der Waals surface area contributed by atoms with Crippen molar-refractivity contribution in [3.8, 4) is 6.07 Å². The van der Waals surface area contributed by atoms with Crippen LogP contribution in [0.25, 0.3) is 10.8 Å². The average Bonchev–Trinajstić information content (AvgIpc) is 2.91. The van der Waals surface area contributed by atoms with E-state index in [-0.39, 0.29) is 5.78 Å². The van der Waals surface area contributed by atoms with Gasteiger partial charge in [-0.05, 0) is 53.3 Å². The predicted molar refractivity (Wildman–Crippen MR) is 102 cm³/mol. The molecule has 0 fully saturated rings. The van der Waals surface area contributed by atoms with Crippen molar-refractivity contribution in [2.75, 3.05) is 0 Å². The van der Waals surface area contributed by atoms with Gasteiger partial charge in [0.1, 0.15) is 0 Å². The Balaban J connectivity index is 1.82. The number of rotatable bonds is 6. The van der Waals surface area contributed by atoms with Crippen molar-refractivity contribution in [3.05, 3.63) is 77.6 Å². The van der Waals surface area contributed by atoms with Crippen molar-refractivity contribution < 1.29 is 4.79 Å². The zero-order valence-corrected chi connectivity index (χ0v) is 14.6. The summed E-state index contributed by atoms with van der Waals surface area (Å²) in [6, 6.07) is 18.4. The molecule has 4 rings (SSSR count). The molecule has 3 heteroatoms. The third kappa shape index (κ3) is 2.59. The monoisotopic (exact) mass is 340 g/mol. The molecule has 26 heavy (non-hydrogen) atoms. The number of unbranched alkanes of at least 4 members (excludes halogenated alkanes) is 2. The van der Waals surface area contributed by atoms with Crippen LogP contribution in [0.5, 0.6) is 0 Å². The van der Waals surface area contributed by atoms with E-state index in [2.05, 4.69) is 35.3 Å². The fourth-order valence-corrected chi connectivity index (χ4v) is 4.30. The lowest BCUT2D eigenvalue weighted by atomic mass is 9.71. The normalized spacial score (nSPS) is 18.2. The first kappa shape index (κ1) is 16.5. The van der Waals surface area contributed by atoms with Gasteiger partial charge in [-0.25, -0.2) is 0 Å². The van der Waals surface area contributed by atoms with Gasteiger partial charge in [0, 0.05) is 24.4 Å². The van der Waals surface area contributed by atoms with Crippen LogP contribution in [0, 0.1) is 11.3 Å². The highest BCUT2D eigenvalue weighted by atomic mass is 16.1. The molecule has 0 saturated carbocycles. The van der Waals surface area contributed by atoms with Crippen LogP contribution in [0.2, 0.25) is 0 Å². The van der Waals surface area contributed by atoms with E-state index in [0.717, 1.165) is 46.7 Å². The molecule has 1 atom stereocenters. The fraction of sp³-hybridized carbons (Fsp3) is 0.261. The topological polar surface area (TPSA) is 53.8 Å². The second kappa shape index (κ2) is 6.72. The molecule has 0 radical (unpaired) electrons. The minimum Gasteiger partial charge on any atom is -0.293 e. The number of carbonyl (C=O) groups excluding carboxylic acids is 1. The van der Waals surface area contributed by atoms with E-state index in [0.29, 0.717) is 12.8 Å². The molecule has 3 nitrogen and oxygen atoms in total. The number of aromatic nitrogens is 1. The maximum absolute atomic E-state index is 13.6. The van der Waals surface area contributed by atoms with Crippen molar-refractivity contribution in [3.63, 3.8) is 0 Å². The summed E-state index contributed by atoms with van der Waals surface area (Å²) < 4.78 is 0. The third-order valence-electron chi connectivity index (χ3n) is 5.50. The molecule has 0 N–H and O–H groups in total. The second-order valence-corrected chi connectivity index (χ2v) is 7.02. The zero-order chi connectivity index (χ0) is 18.0. The maximum Gasteiger partial charge on any atom is 0.174 e. The number of nitrogens with zero attached hydrogens (tertiary/aromatic N) is 2. The molecule has 1 heterocycles. The Morgan fingerprint density at radius 1 is 1.00 bits per heavy atom. The smallest absolute Gasteiger partial charge is 0.174 e. The van der Waals surface area contributed by atoms with E-state index in [1.807, 2.05) is 24.3 Å². The summed E-state index contributed by atoms with van der Waals surface area (Å²) in [4.78, 5) is 17.7. The fourth-order valence-electron chi connectivity index (χ4n) is 4.30. The molecule has 0 saturated heterocycles. The summed E-state index contributed by atoms with van der Waals surface area (Å²) in [7, 11) is 0. The summed E-state index contributed by atoms with van der Waals surface area (Å²) in [6.45, 7) is 0. The van der Waals surface area contributed by atoms with E-state index in [9.17, 15) is 4.79 Å². The van der Waals surface area contributed by atoms with Gasteiger partial charge in [0.25, 0.3) is 0 Å². The van der Waals surface area contributed by atoms with Gasteiger partial charge in [0.2, 0.25) is 0 Å². The highest BCUT2D eigenvalue weighted by Gasteiger charge is 2.46. The Kier molecular flexibility index (Phi) is 4.26. The summed E-state index contributed by atoms with van der Waals surface area (Å²) in [5, 5.41) is 11.1. The predicted octanol–water partition coefficient (Wildman–Crippen LogP) is 5.00. The number of ketones is 1. The van der Waals surface area contributed by atoms with Crippen LogP contribution >= 0.6 is 0 Å². The molecule has 1 aliphatic rings. The van der Waals surface area contributed by atoms with Crippen LogP contribution in [0.3, 0.4) is 0 Å². The van der Waals surface area contributed by atoms with Gasteiger partial charge in [-0.1, -0.05) is 42.8 Å². The first-order valence-electron chi connectivity index (χ1n) is 9.09. The molecule has 0 spiro atoms. The van der Waals surface area contributed by atoms with Crippen LogP contribution in [0.15, 0.2) is 60.9 Å². The van der Waals surface area contributed by atoms with E-state index in [1.54, 1.807) is 12.4 Å². The van der Waals surface area contributed by atoms with Crippen LogP contribution in [0.4, 0.5) is 0 Å².